The molecule has 1 fully saturated rings. The van der Waals surface area contributed by atoms with E-state index in [0.717, 1.165) is 25.9 Å². The Morgan fingerprint density at radius 2 is 2.05 bits per heavy atom. The molecule has 104 valence electrons. The van der Waals surface area contributed by atoms with E-state index in [0.29, 0.717) is 11.9 Å². The summed E-state index contributed by atoms with van der Waals surface area (Å²) in [5, 5.41) is 11.1. The average Bonchev–Trinajstić information content (AvgIpc) is 2.38. The van der Waals surface area contributed by atoms with Crippen LogP contribution in [0.25, 0.3) is 0 Å². The summed E-state index contributed by atoms with van der Waals surface area (Å²) >= 11 is 0. The highest BCUT2D eigenvalue weighted by Gasteiger charge is 2.29. The van der Waals surface area contributed by atoms with E-state index in [1.54, 1.807) is 0 Å². The van der Waals surface area contributed by atoms with Gasteiger partial charge in [-0.25, -0.2) is 9.97 Å². The van der Waals surface area contributed by atoms with Gasteiger partial charge in [-0.1, -0.05) is 0 Å². The predicted octanol–water partition coefficient (Wildman–Crippen LogP) is 0.497. The summed E-state index contributed by atoms with van der Waals surface area (Å²) in [6, 6.07) is 0.509. The molecule has 1 aliphatic rings. The molecule has 1 aliphatic heterocycles. The quantitative estimate of drug-likeness (QED) is 0.627. The highest BCUT2D eigenvalue weighted by Crippen LogP contribution is 2.31. The van der Waals surface area contributed by atoms with Crippen molar-refractivity contribution in [2.75, 3.05) is 37.8 Å². The molecule has 2 heterocycles. The van der Waals surface area contributed by atoms with Crippen LogP contribution in [0.4, 0.5) is 17.3 Å². The second-order valence-electron chi connectivity index (χ2n) is 4.87. The molecular formula is C11H18N6O2. The lowest BCUT2D eigenvalue weighted by Gasteiger charge is -2.35. The number of anilines is 2. The fourth-order valence-electron chi connectivity index (χ4n) is 2.38. The van der Waals surface area contributed by atoms with Crippen LogP contribution in [0.15, 0.2) is 6.33 Å². The molecule has 0 aliphatic carbocycles. The Labute approximate surface area is 111 Å². The van der Waals surface area contributed by atoms with E-state index in [9.17, 15) is 10.1 Å². The molecule has 1 aromatic heterocycles. The first-order chi connectivity index (χ1) is 9.00. The van der Waals surface area contributed by atoms with E-state index in [-0.39, 0.29) is 11.5 Å². The van der Waals surface area contributed by atoms with Crippen LogP contribution in [0.5, 0.6) is 0 Å². The fraction of sp³-hybridized carbons (Fsp3) is 0.636. The van der Waals surface area contributed by atoms with Crippen molar-refractivity contribution in [2.45, 2.75) is 18.9 Å². The Kier molecular flexibility index (Phi) is 3.79. The third-order valence-electron chi connectivity index (χ3n) is 3.51. The molecule has 0 saturated carbocycles. The fourth-order valence-corrected chi connectivity index (χ4v) is 2.38. The molecule has 0 amide bonds. The van der Waals surface area contributed by atoms with Gasteiger partial charge < -0.3 is 15.5 Å². The van der Waals surface area contributed by atoms with Gasteiger partial charge in [0.15, 0.2) is 0 Å². The summed E-state index contributed by atoms with van der Waals surface area (Å²) in [6.45, 7) is 1.47. The van der Waals surface area contributed by atoms with E-state index < -0.39 is 4.92 Å². The third kappa shape index (κ3) is 2.73. The van der Waals surface area contributed by atoms with Crippen molar-refractivity contribution in [3.63, 3.8) is 0 Å². The second-order valence-corrected chi connectivity index (χ2v) is 4.87. The molecule has 0 spiro atoms. The molecular weight excluding hydrogens is 248 g/mol. The van der Waals surface area contributed by atoms with Crippen molar-refractivity contribution in [3.8, 4) is 0 Å². The first kappa shape index (κ1) is 13.5. The highest BCUT2D eigenvalue weighted by atomic mass is 16.6. The number of aromatic nitrogens is 2. The first-order valence-electron chi connectivity index (χ1n) is 6.17. The molecule has 0 radical (unpaired) electrons. The number of nitro groups is 1. The largest absolute Gasteiger partial charge is 0.378 e. The number of nitrogens with two attached hydrogens (primary N) is 1. The molecule has 2 N–H and O–H groups in total. The monoisotopic (exact) mass is 266 g/mol. The zero-order valence-electron chi connectivity index (χ0n) is 11.1. The Hall–Kier alpha value is -1.96. The minimum atomic E-state index is -0.511. The SMILES string of the molecule is CN(C)C1CCN(c2ncnc(N)c2[N+](=O)[O-])CC1. The van der Waals surface area contributed by atoms with Gasteiger partial charge in [-0.3, -0.25) is 10.1 Å². The zero-order valence-corrected chi connectivity index (χ0v) is 11.1. The maximum Gasteiger partial charge on any atom is 0.353 e. The van der Waals surface area contributed by atoms with Crippen LogP contribution in [0, 0.1) is 10.1 Å². The van der Waals surface area contributed by atoms with E-state index in [2.05, 4.69) is 14.9 Å². The zero-order chi connectivity index (χ0) is 14.0. The topological polar surface area (TPSA) is 101 Å². The van der Waals surface area contributed by atoms with Gasteiger partial charge in [-0.2, -0.15) is 0 Å². The Morgan fingerprint density at radius 3 is 2.58 bits per heavy atom. The Bertz CT molecular complexity index is 470. The lowest BCUT2D eigenvalue weighted by molar-refractivity contribution is -0.383. The van der Waals surface area contributed by atoms with Crippen molar-refractivity contribution >= 4 is 17.3 Å². The number of piperidine rings is 1. The van der Waals surface area contributed by atoms with Gasteiger partial charge in [0.2, 0.25) is 11.6 Å². The van der Waals surface area contributed by atoms with Crippen molar-refractivity contribution < 1.29 is 4.92 Å². The van der Waals surface area contributed by atoms with E-state index >= 15 is 0 Å². The van der Waals surface area contributed by atoms with Crippen LogP contribution in [0.3, 0.4) is 0 Å². The molecule has 1 aromatic rings. The summed E-state index contributed by atoms with van der Waals surface area (Å²) in [5.74, 6) is 0.249. The number of hydrogen-bond donors (Lipinski definition) is 1. The lowest BCUT2D eigenvalue weighted by atomic mass is 10.0. The van der Waals surface area contributed by atoms with Crippen LogP contribution in [0.2, 0.25) is 0 Å². The van der Waals surface area contributed by atoms with Crippen molar-refractivity contribution in [1.29, 1.82) is 0 Å². The van der Waals surface area contributed by atoms with Crippen LogP contribution in [-0.2, 0) is 0 Å². The molecule has 0 aromatic carbocycles. The van der Waals surface area contributed by atoms with Crippen molar-refractivity contribution in [1.82, 2.24) is 14.9 Å². The molecule has 19 heavy (non-hydrogen) atoms. The van der Waals surface area contributed by atoms with Crippen molar-refractivity contribution in [2.24, 2.45) is 0 Å². The maximum atomic E-state index is 11.1. The van der Waals surface area contributed by atoms with Gasteiger partial charge in [-0.15, -0.1) is 0 Å². The van der Waals surface area contributed by atoms with Gasteiger partial charge >= 0.3 is 5.69 Å². The Balaban J connectivity index is 2.20. The number of hydrogen-bond acceptors (Lipinski definition) is 7. The van der Waals surface area contributed by atoms with Crippen LogP contribution >= 0.6 is 0 Å². The maximum absolute atomic E-state index is 11.1. The average molecular weight is 266 g/mol. The van der Waals surface area contributed by atoms with Gasteiger partial charge in [0.1, 0.15) is 6.33 Å². The smallest absolute Gasteiger partial charge is 0.353 e. The van der Waals surface area contributed by atoms with Crippen LogP contribution in [0.1, 0.15) is 12.8 Å². The molecule has 1 saturated heterocycles. The molecule has 0 unspecified atom stereocenters. The first-order valence-corrected chi connectivity index (χ1v) is 6.17. The van der Waals surface area contributed by atoms with Crippen LogP contribution < -0.4 is 10.6 Å². The van der Waals surface area contributed by atoms with Crippen LogP contribution in [-0.4, -0.2) is 53.0 Å². The normalized spacial score (nSPS) is 16.9. The molecule has 2 rings (SSSR count). The number of nitrogens with zero attached hydrogens (tertiary/aromatic N) is 5. The summed E-state index contributed by atoms with van der Waals surface area (Å²) < 4.78 is 0. The standard InChI is InChI=1S/C11H18N6O2/c1-15(2)8-3-5-16(6-4-8)11-9(17(18)19)10(12)13-7-14-11/h7-8H,3-6H2,1-2H3,(H2,12,13,14). The lowest BCUT2D eigenvalue weighted by Crippen LogP contribution is -2.42. The summed E-state index contributed by atoms with van der Waals surface area (Å²) in [6.07, 6.45) is 3.18. The van der Waals surface area contributed by atoms with Crippen molar-refractivity contribution in [3.05, 3.63) is 16.4 Å². The van der Waals surface area contributed by atoms with E-state index in [4.69, 9.17) is 5.73 Å². The Morgan fingerprint density at radius 1 is 1.42 bits per heavy atom. The summed E-state index contributed by atoms with van der Waals surface area (Å²) in [4.78, 5) is 22.4. The minimum Gasteiger partial charge on any atom is -0.378 e. The van der Waals surface area contributed by atoms with Gasteiger partial charge in [0.05, 0.1) is 4.92 Å². The van der Waals surface area contributed by atoms with E-state index in [1.807, 2.05) is 19.0 Å². The second kappa shape index (κ2) is 5.35. The van der Waals surface area contributed by atoms with Gasteiger partial charge in [0, 0.05) is 19.1 Å². The molecule has 8 heteroatoms. The van der Waals surface area contributed by atoms with Gasteiger partial charge in [-0.05, 0) is 26.9 Å². The molecule has 0 atom stereocenters. The van der Waals surface area contributed by atoms with E-state index in [1.165, 1.54) is 6.33 Å². The third-order valence-corrected chi connectivity index (χ3v) is 3.51. The molecule has 8 nitrogen and oxygen atoms in total. The summed E-state index contributed by atoms with van der Waals surface area (Å²) in [5.41, 5.74) is 5.39. The number of rotatable bonds is 3. The minimum absolute atomic E-state index is 0.0790. The van der Waals surface area contributed by atoms with Gasteiger partial charge in [0.25, 0.3) is 0 Å². The highest BCUT2D eigenvalue weighted by molar-refractivity contribution is 5.68. The predicted molar refractivity (Wildman–Crippen MR) is 72.0 cm³/mol. The number of nitrogen functional groups attached to an aromatic ring is 1. The summed E-state index contributed by atoms with van der Waals surface area (Å²) in [7, 11) is 4.09. The molecule has 0 bridgehead atoms.